The summed E-state index contributed by atoms with van der Waals surface area (Å²) in [4.78, 5) is 39.3. The maximum absolute atomic E-state index is 13.8. The summed E-state index contributed by atoms with van der Waals surface area (Å²) < 4.78 is 7.40. The molecular weight excluding hydrogens is 406 g/mol. The summed E-state index contributed by atoms with van der Waals surface area (Å²) in [5.74, 6) is 0.0534. The van der Waals surface area contributed by atoms with Gasteiger partial charge in [-0.1, -0.05) is 0 Å². The van der Waals surface area contributed by atoms with E-state index in [1.54, 1.807) is 29.4 Å². The van der Waals surface area contributed by atoms with Crippen LogP contribution in [0.2, 0.25) is 0 Å². The van der Waals surface area contributed by atoms with Gasteiger partial charge < -0.3 is 18.8 Å². The van der Waals surface area contributed by atoms with Gasteiger partial charge in [-0.15, -0.1) is 0 Å². The molecule has 5 rings (SSSR count). The van der Waals surface area contributed by atoms with E-state index in [9.17, 15) is 9.59 Å². The first kappa shape index (κ1) is 20.5. The summed E-state index contributed by atoms with van der Waals surface area (Å²) in [5.41, 5.74) is 1.24. The molecule has 2 atom stereocenters. The van der Waals surface area contributed by atoms with Crippen LogP contribution >= 0.6 is 0 Å². The molecule has 0 saturated carbocycles. The highest BCUT2D eigenvalue weighted by Gasteiger charge is 2.58. The smallest absolute Gasteiger partial charge is 0.289 e. The van der Waals surface area contributed by atoms with E-state index in [-0.39, 0.29) is 23.8 Å². The Labute approximate surface area is 186 Å². The number of hydrogen-bond acceptors (Lipinski definition) is 5. The maximum Gasteiger partial charge on any atom is 0.289 e. The Hall–Kier alpha value is -3.42. The molecule has 2 fully saturated rings. The normalized spacial score (nSPS) is 23.1. The number of aromatic nitrogens is 3. The van der Waals surface area contributed by atoms with E-state index < -0.39 is 5.41 Å². The van der Waals surface area contributed by atoms with E-state index in [0.29, 0.717) is 38.4 Å². The van der Waals surface area contributed by atoms with Gasteiger partial charge in [0.05, 0.1) is 23.7 Å². The van der Waals surface area contributed by atoms with Crippen molar-refractivity contribution in [3.63, 3.8) is 0 Å². The molecule has 0 bridgehead atoms. The Morgan fingerprint density at radius 1 is 1.28 bits per heavy atom. The van der Waals surface area contributed by atoms with Crippen molar-refractivity contribution in [3.05, 3.63) is 72.5 Å². The standard InChI is InChI=1S/C24H27N5O3/c1-17(2)29-14-20(26-16-29)19-13-28(22(30)21-4-3-11-32-21)15-24(19)7-10-27(23(24)31)12-18-5-8-25-9-6-18/h3-6,8-9,11,14,16-17,19H,7,10,12-13,15H2,1-2H3/t19-,24+/m1/s1. The van der Waals surface area contributed by atoms with Gasteiger partial charge in [0.1, 0.15) is 0 Å². The average Bonchev–Trinajstić information content (AvgIpc) is 3.58. The molecule has 0 N–H and O–H groups in total. The number of carbonyl (C=O) groups is 2. The first-order chi connectivity index (χ1) is 15.5. The third-order valence-electron chi connectivity index (χ3n) is 6.80. The molecular formula is C24H27N5O3. The summed E-state index contributed by atoms with van der Waals surface area (Å²) in [6.45, 7) is 6.22. The maximum atomic E-state index is 13.8. The summed E-state index contributed by atoms with van der Waals surface area (Å²) in [6, 6.07) is 7.51. The van der Waals surface area contributed by atoms with E-state index in [1.807, 2.05) is 34.1 Å². The van der Waals surface area contributed by atoms with Gasteiger partial charge in [-0.25, -0.2) is 4.98 Å². The molecule has 2 aliphatic heterocycles. The minimum Gasteiger partial charge on any atom is -0.459 e. The molecule has 32 heavy (non-hydrogen) atoms. The molecule has 8 nitrogen and oxygen atoms in total. The van der Waals surface area contributed by atoms with Crippen molar-refractivity contribution in [1.29, 1.82) is 0 Å². The van der Waals surface area contributed by atoms with Crippen molar-refractivity contribution >= 4 is 11.8 Å². The van der Waals surface area contributed by atoms with Crippen LogP contribution in [0.25, 0.3) is 0 Å². The first-order valence-corrected chi connectivity index (χ1v) is 11.0. The van der Waals surface area contributed by atoms with Crippen LogP contribution in [0.5, 0.6) is 0 Å². The SMILES string of the molecule is CC(C)n1cnc([C@H]2CN(C(=O)c3ccco3)C[C@@]23CCN(Cc2ccncc2)C3=O)c1. The number of amides is 2. The zero-order chi connectivity index (χ0) is 22.3. The van der Waals surface area contributed by atoms with Crippen molar-refractivity contribution in [2.45, 2.75) is 38.8 Å². The Balaban J connectivity index is 1.47. The highest BCUT2D eigenvalue weighted by atomic mass is 16.3. The summed E-state index contributed by atoms with van der Waals surface area (Å²) in [7, 11) is 0. The molecule has 0 radical (unpaired) electrons. The predicted octanol–water partition coefficient (Wildman–Crippen LogP) is 3.11. The lowest BCUT2D eigenvalue weighted by Crippen LogP contribution is -2.40. The molecule has 2 aliphatic rings. The van der Waals surface area contributed by atoms with Crippen LogP contribution in [-0.4, -0.2) is 55.8 Å². The fourth-order valence-electron chi connectivity index (χ4n) is 5.00. The Morgan fingerprint density at radius 3 is 2.78 bits per heavy atom. The van der Waals surface area contributed by atoms with Crippen molar-refractivity contribution in [3.8, 4) is 0 Å². The monoisotopic (exact) mass is 433 g/mol. The van der Waals surface area contributed by atoms with Crippen molar-refractivity contribution in [2.24, 2.45) is 5.41 Å². The van der Waals surface area contributed by atoms with Crippen LogP contribution in [-0.2, 0) is 11.3 Å². The van der Waals surface area contributed by atoms with E-state index in [0.717, 1.165) is 11.3 Å². The largest absolute Gasteiger partial charge is 0.459 e. The first-order valence-electron chi connectivity index (χ1n) is 11.0. The lowest BCUT2D eigenvalue weighted by molar-refractivity contribution is -0.136. The van der Waals surface area contributed by atoms with Crippen molar-refractivity contribution in [1.82, 2.24) is 24.3 Å². The Kier molecular flexibility index (Phi) is 5.07. The predicted molar refractivity (Wildman–Crippen MR) is 117 cm³/mol. The third-order valence-corrected chi connectivity index (χ3v) is 6.80. The van der Waals surface area contributed by atoms with Crippen LogP contribution < -0.4 is 0 Å². The van der Waals surface area contributed by atoms with Gasteiger partial charge in [-0.05, 0) is 50.1 Å². The van der Waals surface area contributed by atoms with Gasteiger partial charge in [-0.2, -0.15) is 0 Å². The zero-order valence-electron chi connectivity index (χ0n) is 18.3. The molecule has 8 heteroatoms. The summed E-state index contributed by atoms with van der Waals surface area (Å²) in [6.07, 6.45) is 9.52. The molecule has 1 spiro atoms. The quantitative estimate of drug-likeness (QED) is 0.617. The molecule has 0 aliphatic carbocycles. The van der Waals surface area contributed by atoms with Crippen molar-refractivity contribution < 1.29 is 14.0 Å². The number of furan rings is 1. The fourth-order valence-corrected chi connectivity index (χ4v) is 5.00. The fraction of sp³-hybridized carbons (Fsp3) is 0.417. The average molecular weight is 434 g/mol. The molecule has 5 heterocycles. The van der Waals surface area contributed by atoms with Crippen molar-refractivity contribution in [2.75, 3.05) is 19.6 Å². The number of imidazole rings is 1. The van der Waals surface area contributed by atoms with Gasteiger partial charge in [0.2, 0.25) is 5.91 Å². The van der Waals surface area contributed by atoms with E-state index >= 15 is 0 Å². The Morgan fingerprint density at radius 2 is 2.09 bits per heavy atom. The minimum absolute atomic E-state index is 0.0909. The highest BCUT2D eigenvalue weighted by molar-refractivity contribution is 5.94. The molecule has 3 aromatic heterocycles. The second-order valence-electron chi connectivity index (χ2n) is 9.04. The molecule has 2 amide bonds. The lowest BCUT2D eigenvalue weighted by Gasteiger charge is -2.27. The van der Waals surface area contributed by atoms with Gasteiger partial charge >= 0.3 is 0 Å². The number of carbonyl (C=O) groups excluding carboxylic acids is 2. The number of pyridine rings is 1. The van der Waals surface area contributed by atoms with Gasteiger partial charge in [0.25, 0.3) is 5.91 Å². The number of rotatable bonds is 5. The van der Waals surface area contributed by atoms with Gasteiger partial charge in [-0.3, -0.25) is 14.6 Å². The topological polar surface area (TPSA) is 84.5 Å². The van der Waals surface area contributed by atoms with Gasteiger partial charge in [0.15, 0.2) is 5.76 Å². The zero-order valence-corrected chi connectivity index (χ0v) is 18.3. The molecule has 3 aromatic rings. The third kappa shape index (κ3) is 3.39. The van der Waals surface area contributed by atoms with Crippen LogP contribution in [0.4, 0.5) is 0 Å². The number of likely N-dealkylation sites (tertiary alicyclic amines) is 2. The molecule has 0 unspecified atom stereocenters. The molecule has 0 aromatic carbocycles. The van der Waals surface area contributed by atoms with Crippen LogP contribution in [0.3, 0.4) is 0 Å². The minimum atomic E-state index is -0.675. The Bertz CT molecular complexity index is 1110. The second kappa shape index (κ2) is 7.93. The van der Waals surface area contributed by atoms with Crippen LogP contribution in [0.1, 0.15) is 54.0 Å². The molecule has 2 saturated heterocycles. The molecule has 166 valence electrons. The van der Waals surface area contributed by atoms with Crippen LogP contribution in [0, 0.1) is 5.41 Å². The lowest BCUT2D eigenvalue weighted by atomic mass is 9.75. The highest BCUT2D eigenvalue weighted by Crippen LogP contribution is 2.50. The van der Waals surface area contributed by atoms with E-state index in [2.05, 4.69) is 23.8 Å². The van der Waals surface area contributed by atoms with Crippen LogP contribution in [0.15, 0.2) is 59.9 Å². The van der Waals surface area contributed by atoms with E-state index in [4.69, 9.17) is 4.42 Å². The van der Waals surface area contributed by atoms with Gasteiger partial charge in [0, 0.05) is 56.7 Å². The summed E-state index contributed by atoms with van der Waals surface area (Å²) >= 11 is 0. The summed E-state index contributed by atoms with van der Waals surface area (Å²) in [5, 5.41) is 0. The van der Waals surface area contributed by atoms with E-state index in [1.165, 1.54) is 6.26 Å². The second-order valence-corrected chi connectivity index (χ2v) is 9.04. The number of nitrogens with zero attached hydrogens (tertiary/aromatic N) is 5. The number of hydrogen-bond donors (Lipinski definition) is 0.